The van der Waals surface area contributed by atoms with Crippen molar-refractivity contribution >= 4 is 10.0 Å². The first kappa shape index (κ1) is 15.5. The van der Waals surface area contributed by atoms with Crippen molar-refractivity contribution < 1.29 is 8.42 Å². The maximum atomic E-state index is 12.0. The van der Waals surface area contributed by atoms with Crippen LogP contribution in [0.3, 0.4) is 0 Å². The fourth-order valence-electron chi connectivity index (χ4n) is 2.54. The van der Waals surface area contributed by atoms with E-state index in [1.165, 1.54) is 11.1 Å². The fourth-order valence-corrected chi connectivity index (χ4v) is 4.14. The Hall–Kier alpha value is -0.910. The van der Waals surface area contributed by atoms with Crippen LogP contribution in [0.1, 0.15) is 43.4 Å². The first-order valence-corrected chi connectivity index (χ1v) is 8.98. The third-order valence-corrected chi connectivity index (χ3v) is 5.50. The predicted octanol–water partition coefficient (Wildman–Crippen LogP) is 2.15. The summed E-state index contributed by atoms with van der Waals surface area (Å²) < 4.78 is 26.8. The van der Waals surface area contributed by atoms with Gasteiger partial charge in [-0.15, -0.1) is 0 Å². The Morgan fingerprint density at radius 3 is 2.60 bits per heavy atom. The van der Waals surface area contributed by atoms with Gasteiger partial charge in [0.1, 0.15) is 0 Å². The second-order valence-electron chi connectivity index (χ2n) is 5.49. The molecule has 0 fully saturated rings. The van der Waals surface area contributed by atoms with Crippen LogP contribution in [0.15, 0.2) is 18.2 Å². The molecule has 2 rings (SSSR count). The average Bonchev–Trinajstić information content (AvgIpc) is 2.90. The van der Waals surface area contributed by atoms with E-state index in [4.69, 9.17) is 0 Å². The molecule has 0 radical (unpaired) electrons. The Morgan fingerprint density at radius 2 is 1.90 bits per heavy atom. The highest BCUT2D eigenvalue weighted by Crippen LogP contribution is 2.17. The molecule has 1 heterocycles. The Labute approximate surface area is 122 Å². The van der Waals surface area contributed by atoms with Gasteiger partial charge in [-0.2, -0.15) is 0 Å². The molecular weight excluding hydrogens is 272 g/mol. The molecule has 1 aromatic carbocycles. The largest absolute Gasteiger partial charge is 0.309 e. The fraction of sp³-hybridized carbons (Fsp3) is 0.600. The Bertz CT molecular complexity index is 551. The van der Waals surface area contributed by atoms with E-state index in [-0.39, 0.29) is 11.7 Å². The minimum atomic E-state index is -3.18. The second-order valence-corrected chi connectivity index (χ2v) is 7.34. The molecule has 0 bridgehead atoms. The minimum Gasteiger partial charge on any atom is -0.309 e. The van der Waals surface area contributed by atoms with Crippen LogP contribution < -0.4 is 10.0 Å². The van der Waals surface area contributed by atoms with Crippen LogP contribution in [0.4, 0.5) is 0 Å². The van der Waals surface area contributed by atoms with E-state index in [9.17, 15) is 8.42 Å². The molecule has 0 unspecified atom stereocenters. The normalized spacial score (nSPS) is 14.8. The van der Waals surface area contributed by atoms with Crippen LogP contribution in [-0.4, -0.2) is 14.2 Å². The van der Waals surface area contributed by atoms with E-state index in [0.717, 1.165) is 31.5 Å². The highest BCUT2D eigenvalue weighted by atomic mass is 32.2. The third-order valence-electron chi connectivity index (χ3n) is 4.01. The number of nitrogens with one attached hydrogen (secondary N) is 2. The molecular formula is C15H24N2O2S. The van der Waals surface area contributed by atoms with Crippen molar-refractivity contribution in [2.24, 2.45) is 5.92 Å². The highest BCUT2D eigenvalue weighted by Gasteiger charge is 2.17. The molecule has 0 atom stereocenters. The molecule has 0 aromatic heterocycles. The molecule has 5 heteroatoms. The Kier molecular flexibility index (Phi) is 5.18. The molecule has 4 nitrogen and oxygen atoms in total. The number of rotatable bonds is 7. The van der Waals surface area contributed by atoms with Gasteiger partial charge in [-0.25, -0.2) is 13.1 Å². The standard InChI is InChI=1S/C15H24N2O2S/c1-3-12(4-2)11-20(18,19)17-8-13-5-6-14-9-16-10-15(14)7-13/h5-7,12,16-17H,3-4,8-11H2,1-2H3. The van der Waals surface area contributed by atoms with Gasteiger partial charge in [0, 0.05) is 19.6 Å². The average molecular weight is 296 g/mol. The van der Waals surface area contributed by atoms with E-state index in [1.54, 1.807) is 0 Å². The van der Waals surface area contributed by atoms with Crippen molar-refractivity contribution in [2.75, 3.05) is 5.75 Å². The lowest BCUT2D eigenvalue weighted by atomic mass is 10.1. The first-order valence-electron chi connectivity index (χ1n) is 7.32. The molecule has 0 saturated heterocycles. The van der Waals surface area contributed by atoms with Gasteiger partial charge in [0.25, 0.3) is 0 Å². The summed E-state index contributed by atoms with van der Waals surface area (Å²) in [6.45, 7) is 6.25. The van der Waals surface area contributed by atoms with Gasteiger partial charge < -0.3 is 5.32 Å². The topological polar surface area (TPSA) is 58.2 Å². The maximum absolute atomic E-state index is 12.0. The Morgan fingerprint density at radius 1 is 1.20 bits per heavy atom. The first-order chi connectivity index (χ1) is 9.54. The van der Waals surface area contributed by atoms with E-state index in [2.05, 4.69) is 22.2 Å². The summed E-state index contributed by atoms with van der Waals surface area (Å²) in [5.74, 6) is 0.476. The lowest BCUT2D eigenvalue weighted by Crippen LogP contribution is -2.29. The SMILES string of the molecule is CCC(CC)CS(=O)(=O)NCc1ccc2c(c1)CNC2. The van der Waals surface area contributed by atoms with E-state index < -0.39 is 10.0 Å². The summed E-state index contributed by atoms with van der Waals surface area (Å²) in [5.41, 5.74) is 3.62. The molecule has 0 saturated carbocycles. The molecule has 2 N–H and O–H groups in total. The van der Waals surface area contributed by atoms with Gasteiger partial charge >= 0.3 is 0 Å². The summed E-state index contributed by atoms with van der Waals surface area (Å²) >= 11 is 0. The quantitative estimate of drug-likeness (QED) is 0.810. The predicted molar refractivity (Wildman–Crippen MR) is 81.7 cm³/mol. The molecule has 0 amide bonds. The lowest BCUT2D eigenvalue weighted by Gasteiger charge is -2.13. The zero-order chi connectivity index (χ0) is 14.6. The number of fused-ring (bicyclic) bond motifs is 1. The minimum absolute atomic E-state index is 0.229. The van der Waals surface area contributed by atoms with Crippen molar-refractivity contribution in [3.8, 4) is 0 Å². The molecule has 1 aromatic rings. The summed E-state index contributed by atoms with van der Waals surface area (Å²) in [6.07, 6.45) is 1.81. The van der Waals surface area contributed by atoms with Crippen LogP contribution in [-0.2, 0) is 29.7 Å². The van der Waals surface area contributed by atoms with Crippen molar-refractivity contribution in [3.05, 3.63) is 34.9 Å². The van der Waals surface area contributed by atoms with Crippen LogP contribution in [0.2, 0.25) is 0 Å². The van der Waals surface area contributed by atoms with E-state index in [1.807, 2.05) is 19.9 Å². The van der Waals surface area contributed by atoms with Gasteiger partial charge in [0.15, 0.2) is 0 Å². The molecule has 0 spiro atoms. The summed E-state index contributed by atoms with van der Waals surface area (Å²) in [5, 5.41) is 3.29. The van der Waals surface area contributed by atoms with Crippen LogP contribution in [0.25, 0.3) is 0 Å². The summed E-state index contributed by atoms with van der Waals surface area (Å²) in [4.78, 5) is 0. The van der Waals surface area contributed by atoms with E-state index >= 15 is 0 Å². The van der Waals surface area contributed by atoms with Gasteiger partial charge in [-0.1, -0.05) is 44.9 Å². The van der Waals surface area contributed by atoms with Gasteiger partial charge in [0.2, 0.25) is 10.0 Å². The van der Waals surface area contributed by atoms with Crippen molar-refractivity contribution in [2.45, 2.75) is 46.3 Å². The van der Waals surface area contributed by atoms with Crippen LogP contribution in [0, 0.1) is 5.92 Å². The summed E-state index contributed by atoms with van der Waals surface area (Å²) in [7, 11) is -3.18. The molecule has 112 valence electrons. The number of benzene rings is 1. The van der Waals surface area contributed by atoms with Crippen molar-refractivity contribution in [1.29, 1.82) is 0 Å². The zero-order valence-corrected chi connectivity index (χ0v) is 13.1. The zero-order valence-electron chi connectivity index (χ0n) is 12.3. The molecule has 1 aliphatic rings. The lowest BCUT2D eigenvalue weighted by molar-refractivity contribution is 0.516. The van der Waals surface area contributed by atoms with Crippen molar-refractivity contribution in [3.63, 3.8) is 0 Å². The second kappa shape index (κ2) is 6.70. The number of sulfonamides is 1. The van der Waals surface area contributed by atoms with Gasteiger partial charge in [-0.05, 0) is 22.6 Å². The maximum Gasteiger partial charge on any atom is 0.212 e. The van der Waals surface area contributed by atoms with Crippen molar-refractivity contribution in [1.82, 2.24) is 10.0 Å². The summed E-state index contributed by atoms with van der Waals surface area (Å²) in [6, 6.07) is 6.18. The van der Waals surface area contributed by atoms with Gasteiger partial charge in [-0.3, -0.25) is 0 Å². The van der Waals surface area contributed by atoms with Gasteiger partial charge in [0.05, 0.1) is 5.75 Å². The third kappa shape index (κ3) is 4.04. The molecule has 1 aliphatic heterocycles. The molecule has 20 heavy (non-hydrogen) atoms. The highest BCUT2D eigenvalue weighted by molar-refractivity contribution is 7.89. The Balaban J connectivity index is 1.94. The molecule has 0 aliphatic carbocycles. The smallest absolute Gasteiger partial charge is 0.212 e. The van der Waals surface area contributed by atoms with E-state index in [0.29, 0.717) is 6.54 Å². The number of hydrogen-bond donors (Lipinski definition) is 2. The monoisotopic (exact) mass is 296 g/mol. The van der Waals surface area contributed by atoms with Crippen LogP contribution in [0.5, 0.6) is 0 Å². The van der Waals surface area contributed by atoms with Crippen LogP contribution >= 0.6 is 0 Å². The number of hydrogen-bond acceptors (Lipinski definition) is 3.